The van der Waals surface area contributed by atoms with Crippen LogP contribution in [-0.2, 0) is 15.9 Å². The second-order valence-corrected chi connectivity index (χ2v) is 6.11. The van der Waals surface area contributed by atoms with Crippen molar-refractivity contribution in [1.82, 2.24) is 15.2 Å². The minimum absolute atomic E-state index is 0. The molecule has 0 amide bonds. The van der Waals surface area contributed by atoms with Gasteiger partial charge in [-0.3, -0.25) is 9.98 Å². The number of guanidine groups is 1. The Kier molecular flexibility index (Phi) is 8.53. The standard InChI is InChI=1S/C19H26N4O2.HI/c1-20-19(23-11-12-25-17(13-23)14-24-2)21-10-9-16-8-7-15-5-3-4-6-18(15)22-16;/h3-8,17H,9-14H2,1-2H3,(H,20,21);1H. The van der Waals surface area contributed by atoms with Gasteiger partial charge in [-0.25, -0.2) is 0 Å². The van der Waals surface area contributed by atoms with Gasteiger partial charge in [0.15, 0.2) is 5.96 Å². The lowest BCUT2D eigenvalue weighted by molar-refractivity contribution is -0.0447. The summed E-state index contributed by atoms with van der Waals surface area (Å²) in [5.41, 5.74) is 2.13. The number of rotatable bonds is 5. The van der Waals surface area contributed by atoms with Crippen LogP contribution < -0.4 is 5.32 Å². The average Bonchev–Trinajstić information content (AvgIpc) is 2.66. The van der Waals surface area contributed by atoms with Gasteiger partial charge in [-0.05, 0) is 12.1 Å². The third-order valence-corrected chi connectivity index (χ3v) is 4.32. The van der Waals surface area contributed by atoms with Gasteiger partial charge in [0, 0.05) is 51.3 Å². The molecule has 2 heterocycles. The summed E-state index contributed by atoms with van der Waals surface area (Å²) >= 11 is 0. The number of aromatic nitrogens is 1. The summed E-state index contributed by atoms with van der Waals surface area (Å²) in [6.07, 6.45) is 0.954. The number of ether oxygens (including phenoxy) is 2. The molecule has 1 aromatic carbocycles. The Morgan fingerprint density at radius 2 is 2.19 bits per heavy atom. The molecule has 0 bridgehead atoms. The van der Waals surface area contributed by atoms with E-state index in [0.717, 1.165) is 43.2 Å². The average molecular weight is 470 g/mol. The number of para-hydroxylation sites is 1. The lowest BCUT2D eigenvalue weighted by Gasteiger charge is -2.34. The molecule has 0 radical (unpaired) electrons. The van der Waals surface area contributed by atoms with Gasteiger partial charge in [-0.15, -0.1) is 24.0 Å². The van der Waals surface area contributed by atoms with Crippen molar-refractivity contribution in [2.45, 2.75) is 12.5 Å². The topological polar surface area (TPSA) is 59.0 Å². The number of fused-ring (bicyclic) bond motifs is 1. The molecule has 0 aliphatic carbocycles. The maximum absolute atomic E-state index is 5.70. The van der Waals surface area contributed by atoms with Crippen LogP contribution in [0.15, 0.2) is 41.4 Å². The zero-order valence-corrected chi connectivity index (χ0v) is 17.7. The summed E-state index contributed by atoms with van der Waals surface area (Å²) < 4.78 is 10.9. The van der Waals surface area contributed by atoms with Crippen molar-refractivity contribution in [3.05, 3.63) is 42.1 Å². The van der Waals surface area contributed by atoms with Crippen LogP contribution in [0.3, 0.4) is 0 Å². The van der Waals surface area contributed by atoms with Crippen LogP contribution in [0.25, 0.3) is 10.9 Å². The number of halogens is 1. The molecule has 142 valence electrons. The molecule has 26 heavy (non-hydrogen) atoms. The number of pyridine rings is 1. The smallest absolute Gasteiger partial charge is 0.193 e. The van der Waals surface area contributed by atoms with Gasteiger partial charge < -0.3 is 19.7 Å². The van der Waals surface area contributed by atoms with Crippen molar-refractivity contribution in [3.8, 4) is 0 Å². The molecule has 3 rings (SSSR count). The SMILES string of the molecule is CN=C(NCCc1ccc2ccccc2n1)N1CCOC(COC)C1.I. The second kappa shape index (κ2) is 10.6. The first kappa shape index (κ1) is 20.9. The first-order valence-corrected chi connectivity index (χ1v) is 8.71. The molecule has 1 unspecified atom stereocenters. The first-order valence-electron chi connectivity index (χ1n) is 8.71. The van der Waals surface area contributed by atoms with Gasteiger partial charge in [0.25, 0.3) is 0 Å². The molecule has 1 atom stereocenters. The summed E-state index contributed by atoms with van der Waals surface area (Å²) in [6, 6.07) is 12.4. The fraction of sp³-hybridized carbons (Fsp3) is 0.474. The van der Waals surface area contributed by atoms with Crippen LogP contribution in [-0.4, -0.2) is 69.0 Å². The molecule has 1 aliphatic heterocycles. The van der Waals surface area contributed by atoms with E-state index in [4.69, 9.17) is 14.5 Å². The molecule has 1 saturated heterocycles. The van der Waals surface area contributed by atoms with E-state index in [1.54, 1.807) is 7.11 Å². The van der Waals surface area contributed by atoms with E-state index < -0.39 is 0 Å². The molecule has 7 heteroatoms. The summed E-state index contributed by atoms with van der Waals surface area (Å²) in [6.45, 7) is 3.73. The summed E-state index contributed by atoms with van der Waals surface area (Å²) in [5.74, 6) is 0.908. The van der Waals surface area contributed by atoms with E-state index in [2.05, 4.69) is 39.5 Å². The molecule has 1 aliphatic rings. The van der Waals surface area contributed by atoms with Gasteiger partial charge in [-0.2, -0.15) is 0 Å². The van der Waals surface area contributed by atoms with Crippen LogP contribution in [0, 0.1) is 0 Å². The zero-order chi connectivity index (χ0) is 17.5. The molecule has 6 nitrogen and oxygen atoms in total. The van der Waals surface area contributed by atoms with Gasteiger partial charge in [-0.1, -0.05) is 24.3 Å². The lowest BCUT2D eigenvalue weighted by atomic mass is 10.2. The maximum Gasteiger partial charge on any atom is 0.193 e. The quantitative estimate of drug-likeness (QED) is 0.413. The highest BCUT2D eigenvalue weighted by Crippen LogP contribution is 2.12. The van der Waals surface area contributed by atoms with E-state index in [9.17, 15) is 0 Å². The zero-order valence-electron chi connectivity index (χ0n) is 15.4. The molecule has 2 aromatic rings. The lowest BCUT2D eigenvalue weighted by Crippen LogP contribution is -2.51. The Morgan fingerprint density at radius 3 is 3.00 bits per heavy atom. The largest absolute Gasteiger partial charge is 0.382 e. The molecular formula is C19H27IN4O2. The Morgan fingerprint density at radius 1 is 1.35 bits per heavy atom. The van der Waals surface area contributed by atoms with Gasteiger partial charge >= 0.3 is 0 Å². The second-order valence-electron chi connectivity index (χ2n) is 6.11. The Bertz CT molecular complexity index is 724. The third kappa shape index (κ3) is 5.52. The molecular weight excluding hydrogens is 443 g/mol. The van der Waals surface area contributed by atoms with Crippen LogP contribution in [0.5, 0.6) is 0 Å². The van der Waals surface area contributed by atoms with E-state index in [1.807, 2.05) is 19.2 Å². The summed E-state index contributed by atoms with van der Waals surface area (Å²) in [7, 11) is 3.52. The number of aliphatic imine (C=N–C) groups is 1. The van der Waals surface area contributed by atoms with Crippen molar-refractivity contribution in [3.63, 3.8) is 0 Å². The monoisotopic (exact) mass is 470 g/mol. The number of hydrogen-bond acceptors (Lipinski definition) is 4. The number of nitrogens with one attached hydrogen (secondary N) is 1. The highest BCUT2D eigenvalue weighted by molar-refractivity contribution is 14.0. The Labute approximate surface area is 172 Å². The van der Waals surface area contributed by atoms with Crippen molar-refractivity contribution in [2.75, 3.05) is 47.0 Å². The van der Waals surface area contributed by atoms with Crippen molar-refractivity contribution in [2.24, 2.45) is 4.99 Å². The number of methoxy groups -OCH3 is 1. The van der Waals surface area contributed by atoms with E-state index in [0.29, 0.717) is 13.2 Å². The van der Waals surface area contributed by atoms with Crippen molar-refractivity contribution in [1.29, 1.82) is 0 Å². The first-order chi connectivity index (χ1) is 12.3. The molecule has 1 N–H and O–H groups in total. The third-order valence-electron chi connectivity index (χ3n) is 4.32. The minimum atomic E-state index is 0. The Balaban J connectivity index is 0.00000243. The number of nitrogens with zero attached hydrogens (tertiary/aromatic N) is 3. The van der Waals surface area contributed by atoms with Crippen LogP contribution in [0.4, 0.5) is 0 Å². The summed E-state index contributed by atoms with van der Waals surface area (Å²) in [4.78, 5) is 11.3. The highest BCUT2D eigenvalue weighted by atomic mass is 127. The molecule has 1 fully saturated rings. The fourth-order valence-electron chi connectivity index (χ4n) is 3.08. The number of benzene rings is 1. The Hall–Kier alpha value is -1.45. The van der Waals surface area contributed by atoms with Crippen molar-refractivity contribution >= 4 is 40.8 Å². The van der Waals surface area contributed by atoms with Crippen LogP contribution >= 0.6 is 24.0 Å². The number of morpholine rings is 1. The van der Waals surface area contributed by atoms with Gasteiger partial charge in [0.1, 0.15) is 0 Å². The predicted molar refractivity (Wildman–Crippen MR) is 115 cm³/mol. The van der Waals surface area contributed by atoms with E-state index in [-0.39, 0.29) is 30.1 Å². The highest BCUT2D eigenvalue weighted by Gasteiger charge is 2.22. The fourth-order valence-corrected chi connectivity index (χ4v) is 3.08. The molecule has 0 saturated carbocycles. The molecule has 1 aromatic heterocycles. The van der Waals surface area contributed by atoms with E-state index >= 15 is 0 Å². The van der Waals surface area contributed by atoms with E-state index in [1.165, 1.54) is 5.39 Å². The number of hydrogen-bond donors (Lipinski definition) is 1. The van der Waals surface area contributed by atoms with Gasteiger partial charge in [0.05, 0.1) is 24.8 Å². The van der Waals surface area contributed by atoms with Crippen LogP contribution in [0.1, 0.15) is 5.69 Å². The summed E-state index contributed by atoms with van der Waals surface area (Å²) in [5, 5.41) is 4.61. The van der Waals surface area contributed by atoms with Gasteiger partial charge in [0.2, 0.25) is 0 Å². The molecule has 0 spiro atoms. The maximum atomic E-state index is 5.70. The predicted octanol–water partition coefficient (Wildman–Crippen LogP) is 2.32. The normalized spacial score (nSPS) is 17.8. The van der Waals surface area contributed by atoms with Crippen molar-refractivity contribution < 1.29 is 9.47 Å². The minimum Gasteiger partial charge on any atom is -0.382 e. The van der Waals surface area contributed by atoms with Crippen LogP contribution in [0.2, 0.25) is 0 Å².